The van der Waals surface area contributed by atoms with Gasteiger partial charge in [-0.15, -0.1) is 0 Å². The molecule has 3 N–H and O–H groups in total. The van der Waals surface area contributed by atoms with Crippen molar-refractivity contribution in [3.63, 3.8) is 0 Å². The third kappa shape index (κ3) is 4.24. The van der Waals surface area contributed by atoms with Crippen LogP contribution in [0.25, 0.3) is 0 Å². The molecule has 1 fully saturated rings. The van der Waals surface area contributed by atoms with Crippen molar-refractivity contribution in [3.05, 3.63) is 53.3 Å². The normalized spacial score (nSPS) is 19.9. The predicted octanol–water partition coefficient (Wildman–Crippen LogP) is 3.38. The molecule has 126 valence electrons. The van der Waals surface area contributed by atoms with E-state index < -0.39 is 0 Å². The van der Waals surface area contributed by atoms with Crippen molar-refractivity contribution < 1.29 is 9.53 Å². The van der Waals surface area contributed by atoms with Crippen LogP contribution in [0.1, 0.15) is 24.8 Å². The lowest BCUT2D eigenvalue weighted by Crippen LogP contribution is -2.23. The first kappa shape index (κ1) is 16.7. The summed E-state index contributed by atoms with van der Waals surface area (Å²) in [4.78, 5) is 16.3. The molecule has 1 heterocycles. The highest BCUT2D eigenvalue weighted by atomic mass is 35.5. The van der Waals surface area contributed by atoms with E-state index in [1.807, 2.05) is 12.1 Å². The van der Waals surface area contributed by atoms with E-state index in [2.05, 4.69) is 10.3 Å². The molecular formula is C18H20ClN3O2. The van der Waals surface area contributed by atoms with Crippen LogP contribution in [0.5, 0.6) is 5.75 Å². The largest absolute Gasteiger partial charge is 0.487 e. The van der Waals surface area contributed by atoms with Crippen LogP contribution in [0.3, 0.4) is 0 Å². The number of ether oxygens (including phenoxy) is 1. The second-order valence-corrected chi connectivity index (χ2v) is 6.46. The Morgan fingerprint density at radius 1 is 1.38 bits per heavy atom. The molecule has 2 atom stereocenters. The maximum Gasteiger partial charge on any atom is 0.227 e. The topological polar surface area (TPSA) is 77.2 Å². The smallest absolute Gasteiger partial charge is 0.227 e. The first-order chi connectivity index (χ1) is 11.6. The third-order valence-electron chi connectivity index (χ3n) is 4.16. The molecule has 0 aliphatic heterocycles. The van der Waals surface area contributed by atoms with Gasteiger partial charge in [-0.3, -0.25) is 9.78 Å². The number of anilines is 1. The molecule has 3 rings (SSSR count). The lowest BCUT2D eigenvalue weighted by molar-refractivity contribution is -0.119. The highest BCUT2D eigenvalue weighted by Gasteiger charge is 2.27. The second kappa shape index (κ2) is 7.64. The van der Waals surface area contributed by atoms with Crippen molar-refractivity contribution in [3.8, 4) is 5.75 Å². The van der Waals surface area contributed by atoms with Gasteiger partial charge in [0.05, 0.1) is 5.02 Å². The molecule has 0 radical (unpaired) electrons. The lowest BCUT2D eigenvalue weighted by Gasteiger charge is -2.13. The summed E-state index contributed by atoms with van der Waals surface area (Å²) < 4.78 is 5.70. The number of hydrogen-bond donors (Lipinski definition) is 2. The average Bonchev–Trinajstić information content (AvgIpc) is 3.02. The van der Waals surface area contributed by atoms with Gasteiger partial charge in [0.2, 0.25) is 5.91 Å². The van der Waals surface area contributed by atoms with Gasteiger partial charge < -0.3 is 15.8 Å². The molecule has 0 bridgehead atoms. The van der Waals surface area contributed by atoms with Gasteiger partial charge in [-0.25, -0.2) is 0 Å². The average molecular weight is 346 g/mol. The molecule has 24 heavy (non-hydrogen) atoms. The lowest BCUT2D eigenvalue weighted by atomic mass is 10.1. The Hall–Kier alpha value is -2.11. The molecule has 1 amide bonds. The van der Waals surface area contributed by atoms with Gasteiger partial charge in [-0.05, 0) is 43.5 Å². The first-order valence-corrected chi connectivity index (χ1v) is 8.37. The highest BCUT2D eigenvalue weighted by molar-refractivity contribution is 6.32. The van der Waals surface area contributed by atoms with Crippen LogP contribution in [0.15, 0.2) is 42.7 Å². The van der Waals surface area contributed by atoms with Crippen molar-refractivity contribution in [1.29, 1.82) is 0 Å². The van der Waals surface area contributed by atoms with E-state index in [0.29, 0.717) is 23.1 Å². The van der Waals surface area contributed by atoms with E-state index in [1.165, 1.54) is 0 Å². The molecule has 5 nitrogen and oxygen atoms in total. The number of benzene rings is 1. The number of aromatic nitrogens is 1. The molecule has 1 aromatic carbocycles. The van der Waals surface area contributed by atoms with Gasteiger partial charge in [0.1, 0.15) is 12.4 Å². The summed E-state index contributed by atoms with van der Waals surface area (Å²) in [5, 5.41) is 3.36. The Labute approximate surface area is 146 Å². The predicted molar refractivity (Wildman–Crippen MR) is 94.0 cm³/mol. The van der Waals surface area contributed by atoms with Crippen LogP contribution in [0.4, 0.5) is 5.69 Å². The van der Waals surface area contributed by atoms with Crippen molar-refractivity contribution in [2.24, 2.45) is 11.7 Å². The summed E-state index contributed by atoms with van der Waals surface area (Å²) >= 11 is 6.25. The fourth-order valence-electron chi connectivity index (χ4n) is 2.84. The van der Waals surface area contributed by atoms with Gasteiger partial charge in [-0.1, -0.05) is 17.7 Å². The molecule has 6 heteroatoms. The molecular weight excluding hydrogens is 326 g/mol. The first-order valence-electron chi connectivity index (χ1n) is 7.99. The van der Waals surface area contributed by atoms with Crippen LogP contribution in [-0.4, -0.2) is 16.9 Å². The van der Waals surface area contributed by atoms with Crippen molar-refractivity contribution in [2.75, 3.05) is 5.32 Å². The fourth-order valence-corrected chi connectivity index (χ4v) is 3.07. The van der Waals surface area contributed by atoms with Gasteiger partial charge in [0.25, 0.3) is 0 Å². The molecule has 2 unspecified atom stereocenters. The molecule has 0 spiro atoms. The number of nitrogens with two attached hydrogens (primary N) is 1. The minimum Gasteiger partial charge on any atom is -0.487 e. The minimum absolute atomic E-state index is 0.00282. The van der Waals surface area contributed by atoms with Crippen LogP contribution >= 0.6 is 11.6 Å². The van der Waals surface area contributed by atoms with E-state index in [1.54, 1.807) is 30.6 Å². The van der Waals surface area contributed by atoms with Gasteiger partial charge >= 0.3 is 0 Å². The number of nitrogens with zero attached hydrogens (tertiary/aromatic N) is 1. The molecule has 2 aromatic rings. The Kier molecular flexibility index (Phi) is 5.33. The standard InChI is InChI=1S/C18H20ClN3O2/c19-16-9-15(22-18(23)13-3-4-14(20)8-13)5-6-17(16)24-11-12-2-1-7-21-10-12/h1-2,5-7,9-10,13-14H,3-4,8,11,20H2,(H,22,23). The Morgan fingerprint density at radius 3 is 2.92 bits per heavy atom. The minimum atomic E-state index is -0.0136. The SMILES string of the molecule is NC1CCC(C(=O)Nc2ccc(OCc3cccnc3)c(Cl)c2)C1. The van der Waals surface area contributed by atoms with Crippen LogP contribution in [0, 0.1) is 5.92 Å². The summed E-state index contributed by atoms with van der Waals surface area (Å²) in [5.74, 6) is 0.560. The van der Waals surface area contributed by atoms with Gasteiger partial charge in [0.15, 0.2) is 0 Å². The summed E-state index contributed by atoms with van der Waals surface area (Å²) in [6.07, 6.45) is 5.94. The summed E-state index contributed by atoms with van der Waals surface area (Å²) in [5.41, 5.74) is 7.49. The third-order valence-corrected chi connectivity index (χ3v) is 4.46. The Morgan fingerprint density at radius 2 is 2.25 bits per heavy atom. The van der Waals surface area contributed by atoms with E-state index >= 15 is 0 Å². The van der Waals surface area contributed by atoms with Crippen LogP contribution in [0.2, 0.25) is 5.02 Å². The monoisotopic (exact) mass is 345 g/mol. The highest BCUT2D eigenvalue weighted by Crippen LogP contribution is 2.30. The van der Waals surface area contributed by atoms with Gasteiger partial charge in [0, 0.05) is 35.6 Å². The van der Waals surface area contributed by atoms with E-state index in [-0.39, 0.29) is 17.9 Å². The Bertz CT molecular complexity index is 709. The van der Waals surface area contributed by atoms with Crippen molar-refractivity contribution >= 4 is 23.2 Å². The zero-order valence-electron chi connectivity index (χ0n) is 13.2. The number of nitrogens with one attached hydrogen (secondary N) is 1. The molecule has 1 aliphatic rings. The zero-order valence-corrected chi connectivity index (χ0v) is 14.0. The Balaban J connectivity index is 1.59. The molecule has 0 saturated heterocycles. The van der Waals surface area contributed by atoms with E-state index in [4.69, 9.17) is 22.1 Å². The fraction of sp³-hybridized carbons (Fsp3) is 0.333. The zero-order chi connectivity index (χ0) is 16.9. The molecule has 1 aliphatic carbocycles. The number of halogens is 1. The van der Waals surface area contributed by atoms with Gasteiger partial charge in [-0.2, -0.15) is 0 Å². The van der Waals surface area contributed by atoms with Crippen molar-refractivity contribution in [2.45, 2.75) is 31.9 Å². The van der Waals surface area contributed by atoms with Crippen molar-refractivity contribution in [1.82, 2.24) is 4.98 Å². The second-order valence-electron chi connectivity index (χ2n) is 6.05. The summed E-state index contributed by atoms with van der Waals surface area (Å²) in [6, 6.07) is 9.17. The van der Waals surface area contributed by atoms with E-state index in [9.17, 15) is 4.79 Å². The number of hydrogen-bond acceptors (Lipinski definition) is 4. The van der Waals surface area contributed by atoms with Crippen LogP contribution in [-0.2, 0) is 11.4 Å². The maximum atomic E-state index is 12.2. The van der Waals surface area contributed by atoms with Crippen LogP contribution < -0.4 is 15.8 Å². The number of amides is 1. The number of pyridine rings is 1. The number of carbonyl (C=O) groups is 1. The molecule has 1 saturated carbocycles. The maximum absolute atomic E-state index is 12.2. The molecule has 1 aromatic heterocycles. The summed E-state index contributed by atoms with van der Waals surface area (Å²) in [6.45, 7) is 0.388. The number of rotatable bonds is 5. The summed E-state index contributed by atoms with van der Waals surface area (Å²) in [7, 11) is 0. The number of carbonyl (C=O) groups excluding carboxylic acids is 1. The van der Waals surface area contributed by atoms with E-state index in [0.717, 1.165) is 24.8 Å². The quantitative estimate of drug-likeness (QED) is 0.870.